The van der Waals surface area contributed by atoms with Gasteiger partial charge >= 0.3 is 0 Å². The molecule has 1 heterocycles. The number of aryl methyl sites for hydroxylation is 1. The Kier molecular flexibility index (Phi) is 6.13. The summed E-state index contributed by atoms with van der Waals surface area (Å²) in [6.07, 6.45) is 9.81. The summed E-state index contributed by atoms with van der Waals surface area (Å²) in [4.78, 5) is 2.73. The van der Waals surface area contributed by atoms with Crippen LogP contribution in [0.5, 0.6) is 0 Å². The Hall–Kier alpha value is -0.860. The zero-order chi connectivity index (χ0) is 16.1. The summed E-state index contributed by atoms with van der Waals surface area (Å²) >= 11 is 0. The highest BCUT2D eigenvalue weighted by Gasteiger charge is 2.28. The van der Waals surface area contributed by atoms with Crippen molar-refractivity contribution in [3.63, 3.8) is 0 Å². The van der Waals surface area contributed by atoms with Crippen molar-refractivity contribution in [2.75, 3.05) is 26.7 Å². The molecular weight excluding hydrogens is 280 g/mol. The number of likely N-dealkylation sites (tertiary alicyclic amines) is 1. The topological polar surface area (TPSA) is 15.3 Å². The van der Waals surface area contributed by atoms with Crippen LogP contribution in [0.3, 0.4) is 0 Å². The lowest BCUT2D eigenvalue weighted by molar-refractivity contribution is 0.164. The number of piperidine rings is 1. The average Bonchev–Trinajstić information content (AvgIpc) is 2.61. The summed E-state index contributed by atoms with van der Waals surface area (Å²) in [6, 6.07) is 10.1. The Morgan fingerprint density at radius 1 is 1.09 bits per heavy atom. The van der Waals surface area contributed by atoms with E-state index >= 15 is 0 Å². The van der Waals surface area contributed by atoms with Crippen LogP contribution >= 0.6 is 0 Å². The van der Waals surface area contributed by atoms with E-state index in [1.807, 2.05) is 0 Å². The van der Waals surface area contributed by atoms with Crippen LogP contribution in [0.2, 0.25) is 0 Å². The molecule has 1 unspecified atom stereocenters. The molecule has 1 aromatic rings. The fraction of sp³-hybridized carbons (Fsp3) is 0.714. The Balaban J connectivity index is 1.70. The highest BCUT2D eigenvalue weighted by Crippen LogP contribution is 2.37. The summed E-state index contributed by atoms with van der Waals surface area (Å²) in [5.74, 6) is 1.63. The van der Waals surface area contributed by atoms with Gasteiger partial charge in [0.15, 0.2) is 0 Å². The van der Waals surface area contributed by atoms with Crippen molar-refractivity contribution in [2.45, 2.75) is 63.8 Å². The zero-order valence-corrected chi connectivity index (χ0v) is 15.1. The molecule has 2 aliphatic rings. The monoisotopic (exact) mass is 314 g/mol. The molecule has 1 atom stereocenters. The Morgan fingerprint density at radius 3 is 2.48 bits per heavy atom. The van der Waals surface area contributed by atoms with Crippen molar-refractivity contribution in [3.8, 4) is 0 Å². The lowest BCUT2D eigenvalue weighted by Gasteiger charge is -2.38. The second kappa shape index (κ2) is 8.30. The Bertz CT molecular complexity index is 470. The molecule has 0 radical (unpaired) electrons. The first-order valence-corrected chi connectivity index (χ1v) is 9.72. The van der Waals surface area contributed by atoms with Gasteiger partial charge in [0.2, 0.25) is 0 Å². The highest BCUT2D eigenvalue weighted by atomic mass is 15.1. The first-order valence-electron chi connectivity index (χ1n) is 9.72. The molecule has 1 saturated carbocycles. The number of benzene rings is 1. The van der Waals surface area contributed by atoms with Crippen LogP contribution in [0, 0.1) is 12.8 Å². The SMILES string of the molecule is CNC1CCN(CC(c2cccc(C)c2)C2CCCCC2)CC1. The van der Waals surface area contributed by atoms with Crippen molar-refractivity contribution < 1.29 is 0 Å². The third kappa shape index (κ3) is 4.58. The van der Waals surface area contributed by atoms with E-state index in [0.29, 0.717) is 0 Å². The fourth-order valence-corrected chi connectivity index (χ4v) is 4.65. The van der Waals surface area contributed by atoms with E-state index in [-0.39, 0.29) is 0 Å². The number of rotatable bonds is 5. The number of nitrogens with one attached hydrogen (secondary N) is 1. The van der Waals surface area contributed by atoms with Gasteiger partial charge in [-0.1, -0.05) is 49.1 Å². The maximum absolute atomic E-state index is 3.45. The Morgan fingerprint density at radius 2 is 1.83 bits per heavy atom. The first-order chi connectivity index (χ1) is 11.3. The van der Waals surface area contributed by atoms with Gasteiger partial charge in [-0.25, -0.2) is 0 Å². The van der Waals surface area contributed by atoms with E-state index in [9.17, 15) is 0 Å². The average molecular weight is 315 g/mol. The predicted octanol–water partition coefficient (Wildman–Crippen LogP) is 4.34. The molecule has 0 spiro atoms. The molecule has 3 rings (SSSR count). The van der Waals surface area contributed by atoms with E-state index in [0.717, 1.165) is 17.9 Å². The largest absolute Gasteiger partial charge is 0.317 e. The van der Waals surface area contributed by atoms with E-state index in [1.54, 1.807) is 5.56 Å². The minimum absolute atomic E-state index is 0.735. The molecule has 23 heavy (non-hydrogen) atoms. The smallest absolute Gasteiger partial charge is 0.00884 e. The van der Waals surface area contributed by atoms with Gasteiger partial charge in [-0.2, -0.15) is 0 Å². The first kappa shape index (κ1) is 17.0. The van der Waals surface area contributed by atoms with Crippen molar-refractivity contribution in [2.24, 2.45) is 5.92 Å². The lowest BCUT2D eigenvalue weighted by Crippen LogP contribution is -2.43. The molecule has 1 saturated heterocycles. The van der Waals surface area contributed by atoms with Gasteiger partial charge in [0.05, 0.1) is 0 Å². The van der Waals surface area contributed by atoms with Gasteiger partial charge in [0.25, 0.3) is 0 Å². The summed E-state index contributed by atoms with van der Waals surface area (Å²) < 4.78 is 0. The Labute approximate surface area is 142 Å². The highest BCUT2D eigenvalue weighted by molar-refractivity contribution is 5.26. The maximum Gasteiger partial charge on any atom is 0.00884 e. The van der Waals surface area contributed by atoms with Crippen LogP contribution in [0.4, 0.5) is 0 Å². The number of nitrogens with zero attached hydrogens (tertiary/aromatic N) is 1. The number of hydrogen-bond acceptors (Lipinski definition) is 2. The summed E-state index contributed by atoms with van der Waals surface area (Å²) in [6.45, 7) is 6.03. The minimum Gasteiger partial charge on any atom is -0.317 e. The van der Waals surface area contributed by atoms with Gasteiger partial charge in [-0.05, 0) is 70.1 Å². The second-order valence-corrected chi connectivity index (χ2v) is 7.78. The quantitative estimate of drug-likeness (QED) is 0.869. The molecule has 128 valence electrons. The van der Waals surface area contributed by atoms with Crippen LogP contribution in [0.1, 0.15) is 62.0 Å². The third-order valence-corrected chi connectivity index (χ3v) is 6.14. The van der Waals surface area contributed by atoms with Gasteiger partial charge in [0, 0.05) is 12.6 Å². The van der Waals surface area contributed by atoms with Gasteiger partial charge in [-0.15, -0.1) is 0 Å². The van der Waals surface area contributed by atoms with Gasteiger partial charge in [0.1, 0.15) is 0 Å². The third-order valence-electron chi connectivity index (χ3n) is 6.14. The van der Waals surface area contributed by atoms with Crippen molar-refractivity contribution in [3.05, 3.63) is 35.4 Å². The molecule has 1 aliphatic heterocycles. The standard InChI is InChI=1S/C21H34N2/c1-17-7-6-10-19(15-17)21(18-8-4-3-5-9-18)16-23-13-11-20(22-2)12-14-23/h6-7,10,15,18,20-22H,3-5,8-9,11-14,16H2,1-2H3. The summed E-state index contributed by atoms with van der Waals surface area (Å²) in [5, 5.41) is 3.45. The van der Waals surface area contributed by atoms with Crippen molar-refractivity contribution >= 4 is 0 Å². The second-order valence-electron chi connectivity index (χ2n) is 7.78. The van der Waals surface area contributed by atoms with Crippen LogP contribution < -0.4 is 5.32 Å². The molecule has 1 aliphatic carbocycles. The molecule has 0 amide bonds. The predicted molar refractivity (Wildman–Crippen MR) is 99.0 cm³/mol. The van der Waals surface area contributed by atoms with Gasteiger partial charge < -0.3 is 10.2 Å². The van der Waals surface area contributed by atoms with Gasteiger partial charge in [-0.3, -0.25) is 0 Å². The molecule has 2 nitrogen and oxygen atoms in total. The van der Waals surface area contributed by atoms with E-state index in [1.165, 1.54) is 70.1 Å². The lowest BCUT2D eigenvalue weighted by atomic mass is 9.76. The molecule has 1 N–H and O–H groups in total. The van der Waals surface area contributed by atoms with Crippen LogP contribution in [0.15, 0.2) is 24.3 Å². The normalized spacial score (nSPS) is 23.0. The van der Waals surface area contributed by atoms with E-state index in [4.69, 9.17) is 0 Å². The van der Waals surface area contributed by atoms with Crippen molar-refractivity contribution in [1.82, 2.24) is 10.2 Å². The van der Waals surface area contributed by atoms with Crippen LogP contribution in [0.25, 0.3) is 0 Å². The molecular formula is C21H34N2. The van der Waals surface area contributed by atoms with E-state index in [2.05, 4.69) is 48.5 Å². The van der Waals surface area contributed by atoms with Crippen LogP contribution in [-0.4, -0.2) is 37.6 Å². The molecule has 1 aromatic carbocycles. The molecule has 0 bridgehead atoms. The van der Waals surface area contributed by atoms with Crippen LogP contribution in [-0.2, 0) is 0 Å². The summed E-state index contributed by atoms with van der Waals surface area (Å²) in [5.41, 5.74) is 3.00. The molecule has 2 fully saturated rings. The minimum atomic E-state index is 0.735. The number of hydrogen-bond donors (Lipinski definition) is 1. The maximum atomic E-state index is 3.45. The van der Waals surface area contributed by atoms with E-state index < -0.39 is 0 Å². The summed E-state index contributed by atoms with van der Waals surface area (Å²) in [7, 11) is 2.11. The zero-order valence-electron chi connectivity index (χ0n) is 15.1. The van der Waals surface area contributed by atoms with Crippen molar-refractivity contribution in [1.29, 1.82) is 0 Å². The fourth-order valence-electron chi connectivity index (χ4n) is 4.65. The molecule has 2 heteroatoms. The molecule has 0 aromatic heterocycles.